The first-order chi connectivity index (χ1) is 10.8. The van der Waals surface area contributed by atoms with Crippen molar-refractivity contribution in [3.63, 3.8) is 0 Å². The van der Waals surface area contributed by atoms with Gasteiger partial charge in [-0.2, -0.15) is 0 Å². The van der Waals surface area contributed by atoms with Gasteiger partial charge in [0.05, 0.1) is 7.11 Å². The van der Waals surface area contributed by atoms with Crippen LogP contribution in [0.3, 0.4) is 0 Å². The van der Waals surface area contributed by atoms with Crippen molar-refractivity contribution < 1.29 is 39.5 Å². The van der Waals surface area contributed by atoms with Crippen LogP contribution in [0, 0.1) is 11.8 Å². The quantitative estimate of drug-likeness (QED) is 0.467. The van der Waals surface area contributed by atoms with Crippen LogP contribution < -0.4 is 0 Å². The maximum absolute atomic E-state index is 12.7. The summed E-state index contributed by atoms with van der Waals surface area (Å²) in [6, 6.07) is -0.588. The second-order valence-corrected chi connectivity index (χ2v) is 6.32. The van der Waals surface area contributed by atoms with Gasteiger partial charge in [-0.15, -0.1) is 6.54 Å². The predicted octanol–water partition coefficient (Wildman–Crippen LogP) is 1.32. The zero-order valence-corrected chi connectivity index (χ0v) is 16.4. The Morgan fingerprint density at radius 2 is 1.79 bits per heavy atom. The van der Waals surface area contributed by atoms with Crippen molar-refractivity contribution in [1.82, 2.24) is 9.80 Å². The molecular formula is C16H28N3O4Pd-. The van der Waals surface area contributed by atoms with Crippen molar-refractivity contribution in [2.24, 2.45) is 11.8 Å². The molecule has 0 saturated carbocycles. The Balaban J connectivity index is 0.00000529. The summed E-state index contributed by atoms with van der Waals surface area (Å²) in [6.45, 7) is 4.93. The summed E-state index contributed by atoms with van der Waals surface area (Å²) in [5, 5.41) is 0. The van der Waals surface area contributed by atoms with Crippen LogP contribution in [0.4, 0.5) is 0 Å². The Hall–Kier alpha value is -0.968. The van der Waals surface area contributed by atoms with E-state index in [4.69, 9.17) is 10.5 Å². The summed E-state index contributed by atoms with van der Waals surface area (Å²) >= 11 is 0. The molecule has 1 unspecified atom stereocenters. The van der Waals surface area contributed by atoms with E-state index >= 15 is 0 Å². The molecule has 1 atom stereocenters. The SMILES string of the molecule is COC(=O)C(C(C)C)N(C)C(=O)C1CCN(C(=O)CC[NH-])CC1.[Pd]. The molecule has 142 valence electrons. The van der Waals surface area contributed by atoms with Crippen LogP contribution in [0.25, 0.3) is 5.73 Å². The largest absolute Gasteiger partial charge is 0.677 e. The van der Waals surface area contributed by atoms with Crippen LogP contribution in [0.5, 0.6) is 0 Å². The number of carbonyl (C=O) groups excluding carboxylic acids is 3. The smallest absolute Gasteiger partial charge is 0.328 e. The van der Waals surface area contributed by atoms with Gasteiger partial charge in [0.15, 0.2) is 0 Å². The third kappa shape index (κ3) is 5.84. The van der Waals surface area contributed by atoms with Crippen LogP contribution in [0.15, 0.2) is 0 Å². The van der Waals surface area contributed by atoms with Crippen molar-refractivity contribution in [3.8, 4) is 0 Å². The number of hydrogen-bond acceptors (Lipinski definition) is 4. The molecule has 7 nitrogen and oxygen atoms in total. The minimum Gasteiger partial charge on any atom is -0.677 e. The summed E-state index contributed by atoms with van der Waals surface area (Å²) < 4.78 is 4.80. The average molecular weight is 433 g/mol. The average Bonchev–Trinajstić information content (AvgIpc) is 2.54. The van der Waals surface area contributed by atoms with Gasteiger partial charge in [-0.25, -0.2) is 4.79 Å². The van der Waals surface area contributed by atoms with Crippen molar-refractivity contribution in [1.29, 1.82) is 0 Å². The van der Waals surface area contributed by atoms with Crippen LogP contribution in [0.1, 0.15) is 33.1 Å². The van der Waals surface area contributed by atoms with Gasteiger partial charge in [0.2, 0.25) is 11.8 Å². The van der Waals surface area contributed by atoms with Gasteiger partial charge >= 0.3 is 5.97 Å². The van der Waals surface area contributed by atoms with E-state index in [1.807, 2.05) is 13.8 Å². The molecule has 1 rings (SSSR count). The van der Waals surface area contributed by atoms with E-state index in [9.17, 15) is 14.4 Å². The zero-order valence-electron chi connectivity index (χ0n) is 14.8. The van der Waals surface area contributed by atoms with Gasteiger partial charge in [0, 0.05) is 52.9 Å². The number of nitrogens with zero attached hydrogens (tertiary/aromatic N) is 2. The normalized spacial score (nSPS) is 16.3. The van der Waals surface area contributed by atoms with Gasteiger partial charge in [-0.3, -0.25) is 9.59 Å². The van der Waals surface area contributed by atoms with Crippen molar-refractivity contribution >= 4 is 17.8 Å². The summed E-state index contributed by atoms with van der Waals surface area (Å²) in [5.41, 5.74) is 7.11. The maximum Gasteiger partial charge on any atom is 0.328 e. The molecule has 1 aliphatic rings. The van der Waals surface area contributed by atoms with Gasteiger partial charge < -0.3 is 20.3 Å². The number of methoxy groups -OCH3 is 1. The van der Waals surface area contributed by atoms with E-state index in [2.05, 4.69) is 0 Å². The fraction of sp³-hybridized carbons (Fsp3) is 0.812. The summed E-state index contributed by atoms with van der Waals surface area (Å²) in [4.78, 5) is 39.6. The third-order valence-electron chi connectivity index (χ3n) is 4.37. The molecule has 1 fully saturated rings. The molecule has 0 aliphatic carbocycles. The monoisotopic (exact) mass is 432 g/mol. The van der Waals surface area contributed by atoms with E-state index in [0.29, 0.717) is 25.9 Å². The molecular weight excluding hydrogens is 405 g/mol. The first-order valence-corrected chi connectivity index (χ1v) is 8.10. The summed E-state index contributed by atoms with van der Waals surface area (Å²) in [5.74, 6) is -0.699. The Morgan fingerprint density at radius 1 is 1.25 bits per heavy atom. The van der Waals surface area contributed by atoms with Gasteiger partial charge in [-0.1, -0.05) is 13.8 Å². The molecule has 1 saturated heterocycles. The van der Waals surface area contributed by atoms with Crippen molar-refractivity contribution in [2.45, 2.75) is 39.2 Å². The number of ether oxygens (including phenoxy) is 1. The third-order valence-corrected chi connectivity index (χ3v) is 4.37. The first kappa shape index (κ1) is 23.0. The minimum atomic E-state index is -0.588. The first-order valence-electron chi connectivity index (χ1n) is 8.10. The second kappa shape index (κ2) is 10.8. The molecule has 0 aromatic heterocycles. The fourth-order valence-corrected chi connectivity index (χ4v) is 3.06. The zero-order chi connectivity index (χ0) is 17.6. The van der Waals surface area contributed by atoms with Gasteiger partial charge in [0.25, 0.3) is 0 Å². The molecule has 1 aliphatic heterocycles. The molecule has 0 aromatic rings. The number of amides is 2. The number of piperidine rings is 1. The number of hydrogen-bond donors (Lipinski definition) is 0. The number of carbonyl (C=O) groups is 3. The van der Waals surface area contributed by atoms with E-state index in [1.54, 1.807) is 11.9 Å². The second-order valence-electron chi connectivity index (χ2n) is 6.32. The molecule has 0 bridgehead atoms. The predicted molar refractivity (Wildman–Crippen MR) is 86.5 cm³/mol. The van der Waals surface area contributed by atoms with Crippen LogP contribution in [-0.2, 0) is 39.5 Å². The Kier molecular flexibility index (Phi) is 10.4. The topological polar surface area (TPSA) is 90.7 Å². The van der Waals surface area contributed by atoms with Crippen LogP contribution in [-0.4, -0.2) is 67.4 Å². The number of esters is 1. The van der Waals surface area contributed by atoms with Gasteiger partial charge in [-0.05, 0) is 18.8 Å². The summed E-state index contributed by atoms with van der Waals surface area (Å²) in [6.07, 6.45) is 1.42. The van der Waals surface area contributed by atoms with Gasteiger partial charge in [0.1, 0.15) is 6.04 Å². The van der Waals surface area contributed by atoms with E-state index in [0.717, 1.165) is 0 Å². The van der Waals surface area contributed by atoms with Crippen LogP contribution in [0.2, 0.25) is 0 Å². The molecule has 0 aromatic carbocycles. The standard InChI is InChI=1S/C16H28N3O4.Pd/c1-11(2)14(16(22)23-4)18(3)15(21)12-6-9-19(10-7-12)13(20)5-8-17;/h11-12,14,17H,5-10H2,1-4H3;/q-1;. The summed E-state index contributed by atoms with van der Waals surface area (Å²) in [7, 11) is 2.97. The fourth-order valence-electron chi connectivity index (χ4n) is 3.06. The maximum atomic E-state index is 12.7. The Morgan fingerprint density at radius 3 is 2.21 bits per heavy atom. The minimum absolute atomic E-state index is 0. The van der Waals surface area contributed by atoms with E-state index < -0.39 is 12.0 Å². The van der Waals surface area contributed by atoms with E-state index in [-0.39, 0.29) is 57.0 Å². The number of likely N-dealkylation sites (tertiary alicyclic amines) is 1. The Bertz CT molecular complexity index is 437. The van der Waals surface area contributed by atoms with Crippen molar-refractivity contribution in [2.75, 3.05) is 33.8 Å². The van der Waals surface area contributed by atoms with E-state index in [1.165, 1.54) is 12.0 Å². The molecule has 2 amide bonds. The molecule has 0 spiro atoms. The molecule has 1 N–H and O–H groups in total. The molecule has 1 heterocycles. The van der Waals surface area contributed by atoms with Crippen molar-refractivity contribution in [3.05, 3.63) is 5.73 Å². The number of likely N-dealkylation sites (N-methyl/N-ethyl adjacent to an activating group) is 1. The van der Waals surface area contributed by atoms with Crippen LogP contribution >= 0.6 is 0 Å². The Labute approximate surface area is 157 Å². The molecule has 24 heavy (non-hydrogen) atoms. The number of rotatable bonds is 6. The number of nitrogens with one attached hydrogen (secondary N) is 1. The molecule has 0 radical (unpaired) electrons. The molecule has 8 heteroatoms.